The van der Waals surface area contributed by atoms with Gasteiger partial charge in [-0.1, -0.05) is 12.1 Å². The van der Waals surface area contributed by atoms with Crippen molar-refractivity contribution in [1.82, 2.24) is 19.8 Å². The number of hydrogen-bond donors (Lipinski definition) is 1. The van der Waals surface area contributed by atoms with Crippen molar-refractivity contribution in [1.29, 1.82) is 0 Å². The number of carbonyl (C=O) groups excluding carboxylic acids is 1. The van der Waals surface area contributed by atoms with Crippen LogP contribution in [-0.4, -0.2) is 77.5 Å². The zero-order chi connectivity index (χ0) is 23.3. The molecular formula is C27H34N6O. The highest BCUT2D eigenvalue weighted by Crippen LogP contribution is 2.24. The van der Waals surface area contributed by atoms with E-state index in [1.165, 1.54) is 6.42 Å². The number of pyridine rings is 2. The smallest absolute Gasteiger partial charge is 0.241 e. The summed E-state index contributed by atoms with van der Waals surface area (Å²) in [5.74, 6) is 1.74. The molecule has 178 valence electrons. The van der Waals surface area contributed by atoms with Crippen LogP contribution in [0.3, 0.4) is 0 Å². The molecule has 0 spiro atoms. The molecule has 4 heterocycles. The molecule has 7 nitrogen and oxygen atoms in total. The quantitative estimate of drug-likeness (QED) is 0.610. The lowest BCUT2D eigenvalue weighted by Crippen LogP contribution is -2.52. The van der Waals surface area contributed by atoms with E-state index in [1.807, 2.05) is 49.5 Å². The predicted octanol–water partition coefficient (Wildman–Crippen LogP) is 3.49. The van der Waals surface area contributed by atoms with Crippen LogP contribution in [-0.2, 0) is 4.79 Å². The summed E-state index contributed by atoms with van der Waals surface area (Å²) in [4.78, 5) is 29.3. The van der Waals surface area contributed by atoms with Crippen LogP contribution in [0, 0.1) is 5.92 Å². The summed E-state index contributed by atoms with van der Waals surface area (Å²) >= 11 is 0. The van der Waals surface area contributed by atoms with E-state index in [9.17, 15) is 4.79 Å². The number of piperidine rings is 1. The minimum atomic E-state index is -0.157. The van der Waals surface area contributed by atoms with E-state index >= 15 is 0 Å². The summed E-state index contributed by atoms with van der Waals surface area (Å²) in [5, 5.41) is 4.13. The first-order valence-corrected chi connectivity index (χ1v) is 12.4. The second kappa shape index (κ2) is 10.5. The lowest BCUT2D eigenvalue weighted by Gasteiger charge is -2.40. The normalized spacial score (nSPS) is 20.9. The number of fused-ring (bicyclic) bond motifs is 1. The molecule has 2 saturated heterocycles. The van der Waals surface area contributed by atoms with Gasteiger partial charge in [-0.05, 0) is 68.6 Å². The third kappa shape index (κ3) is 5.21. The van der Waals surface area contributed by atoms with Gasteiger partial charge >= 0.3 is 0 Å². The minimum absolute atomic E-state index is 0.0565. The van der Waals surface area contributed by atoms with Gasteiger partial charge in [0.15, 0.2) is 0 Å². The van der Waals surface area contributed by atoms with E-state index in [0.29, 0.717) is 5.92 Å². The molecule has 2 fully saturated rings. The van der Waals surface area contributed by atoms with Crippen LogP contribution in [0.1, 0.15) is 19.8 Å². The van der Waals surface area contributed by atoms with Crippen LogP contribution in [0.4, 0.5) is 11.5 Å². The first-order chi connectivity index (χ1) is 16.7. The Morgan fingerprint density at radius 2 is 1.85 bits per heavy atom. The highest BCUT2D eigenvalue weighted by Gasteiger charge is 2.29. The lowest BCUT2D eigenvalue weighted by molar-refractivity contribution is -0.121. The molecule has 1 amide bonds. The van der Waals surface area contributed by atoms with E-state index in [1.54, 1.807) is 6.20 Å². The van der Waals surface area contributed by atoms with Crippen molar-refractivity contribution >= 4 is 28.3 Å². The molecule has 0 saturated carbocycles. The predicted molar refractivity (Wildman–Crippen MR) is 137 cm³/mol. The van der Waals surface area contributed by atoms with E-state index in [2.05, 4.69) is 42.1 Å². The molecule has 0 bridgehead atoms. The first kappa shape index (κ1) is 22.7. The van der Waals surface area contributed by atoms with E-state index in [0.717, 1.165) is 74.6 Å². The number of amides is 1. The van der Waals surface area contributed by atoms with Crippen molar-refractivity contribution in [2.45, 2.75) is 25.8 Å². The average Bonchev–Trinajstić information content (AvgIpc) is 2.89. The Morgan fingerprint density at radius 3 is 2.68 bits per heavy atom. The fourth-order valence-corrected chi connectivity index (χ4v) is 5.28. The SMILES string of the molecule is CC(C(=O)Nc1cccc2ncccc12)N1CCCC(CN2CCN(c3ccccn3)CC2)C1. The summed E-state index contributed by atoms with van der Waals surface area (Å²) < 4.78 is 0. The third-order valence-electron chi connectivity index (χ3n) is 7.24. The Bertz CT molecular complexity index is 1090. The number of rotatable bonds is 6. The van der Waals surface area contributed by atoms with Crippen LogP contribution in [0.15, 0.2) is 60.9 Å². The first-order valence-electron chi connectivity index (χ1n) is 12.4. The molecule has 1 aromatic carbocycles. The van der Waals surface area contributed by atoms with Crippen molar-refractivity contribution in [3.05, 3.63) is 60.9 Å². The maximum absolute atomic E-state index is 13.1. The highest BCUT2D eigenvalue weighted by molar-refractivity contribution is 6.02. The Labute approximate surface area is 201 Å². The Kier molecular flexibility index (Phi) is 7.02. The number of anilines is 2. The number of hydrogen-bond acceptors (Lipinski definition) is 6. The molecule has 2 aliphatic heterocycles. The van der Waals surface area contributed by atoms with Gasteiger partial charge in [-0.3, -0.25) is 19.6 Å². The Balaban J connectivity index is 1.14. The van der Waals surface area contributed by atoms with Gasteiger partial charge in [-0.2, -0.15) is 0 Å². The molecule has 2 unspecified atom stereocenters. The van der Waals surface area contributed by atoms with Gasteiger partial charge in [-0.25, -0.2) is 4.98 Å². The molecule has 7 heteroatoms. The molecule has 34 heavy (non-hydrogen) atoms. The van der Waals surface area contributed by atoms with Crippen molar-refractivity contribution < 1.29 is 4.79 Å². The van der Waals surface area contributed by atoms with Crippen LogP contribution >= 0.6 is 0 Å². The number of nitrogens with zero attached hydrogens (tertiary/aromatic N) is 5. The number of nitrogens with one attached hydrogen (secondary N) is 1. The lowest BCUT2D eigenvalue weighted by atomic mass is 9.95. The van der Waals surface area contributed by atoms with Crippen LogP contribution in [0.5, 0.6) is 0 Å². The molecule has 2 aliphatic rings. The number of benzene rings is 1. The summed E-state index contributed by atoms with van der Waals surface area (Å²) in [6, 6.07) is 15.7. The summed E-state index contributed by atoms with van der Waals surface area (Å²) in [6.45, 7) is 9.28. The van der Waals surface area contributed by atoms with Gasteiger partial charge in [0.05, 0.1) is 17.2 Å². The van der Waals surface area contributed by atoms with Crippen LogP contribution < -0.4 is 10.2 Å². The molecule has 2 aromatic heterocycles. The maximum atomic E-state index is 13.1. The molecule has 0 radical (unpaired) electrons. The molecular weight excluding hydrogens is 424 g/mol. The largest absolute Gasteiger partial charge is 0.354 e. The molecule has 0 aliphatic carbocycles. The van der Waals surface area contributed by atoms with Crippen molar-refractivity contribution in [2.24, 2.45) is 5.92 Å². The topological polar surface area (TPSA) is 64.6 Å². The van der Waals surface area contributed by atoms with Gasteiger partial charge in [0.1, 0.15) is 5.82 Å². The molecule has 2 atom stereocenters. The Hall–Kier alpha value is -3.03. The molecule has 5 rings (SSSR count). The number of aromatic nitrogens is 2. The average molecular weight is 459 g/mol. The highest BCUT2D eigenvalue weighted by atomic mass is 16.2. The monoisotopic (exact) mass is 458 g/mol. The standard InChI is InChI=1S/C27H34N6O/c1-21(27(34)30-25-10-4-9-24-23(25)8-5-13-28-24)33-14-6-7-22(20-33)19-31-15-17-32(18-16-31)26-11-2-3-12-29-26/h2-5,8-13,21-22H,6-7,14-20H2,1H3,(H,30,34). The van der Waals surface area contributed by atoms with E-state index in [4.69, 9.17) is 0 Å². The van der Waals surface area contributed by atoms with Gasteiger partial charge < -0.3 is 10.2 Å². The Morgan fingerprint density at radius 1 is 1.00 bits per heavy atom. The number of carbonyl (C=O) groups is 1. The molecule has 1 N–H and O–H groups in total. The maximum Gasteiger partial charge on any atom is 0.241 e. The van der Waals surface area contributed by atoms with E-state index in [-0.39, 0.29) is 11.9 Å². The summed E-state index contributed by atoms with van der Waals surface area (Å²) in [7, 11) is 0. The van der Waals surface area contributed by atoms with Gasteiger partial charge in [0.25, 0.3) is 0 Å². The molecule has 3 aromatic rings. The minimum Gasteiger partial charge on any atom is -0.354 e. The number of likely N-dealkylation sites (tertiary alicyclic amines) is 1. The summed E-state index contributed by atoms with van der Waals surface area (Å²) in [5.41, 5.74) is 1.73. The van der Waals surface area contributed by atoms with Gasteiger partial charge in [0, 0.05) is 57.0 Å². The van der Waals surface area contributed by atoms with Crippen molar-refractivity contribution in [2.75, 3.05) is 56.0 Å². The fraction of sp³-hybridized carbons (Fsp3) is 0.444. The van der Waals surface area contributed by atoms with Crippen molar-refractivity contribution in [3.63, 3.8) is 0 Å². The second-order valence-corrected chi connectivity index (χ2v) is 9.52. The van der Waals surface area contributed by atoms with Crippen LogP contribution in [0.2, 0.25) is 0 Å². The van der Waals surface area contributed by atoms with Gasteiger partial charge in [-0.15, -0.1) is 0 Å². The third-order valence-corrected chi connectivity index (χ3v) is 7.24. The van der Waals surface area contributed by atoms with Crippen LogP contribution in [0.25, 0.3) is 10.9 Å². The second-order valence-electron chi connectivity index (χ2n) is 9.52. The zero-order valence-corrected chi connectivity index (χ0v) is 19.9. The fourth-order valence-electron chi connectivity index (χ4n) is 5.28. The van der Waals surface area contributed by atoms with E-state index < -0.39 is 0 Å². The number of piperazine rings is 1. The van der Waals surface area contributed by atoms with Gasteiger partial charge in [0.2, 0.25) is 5.91 Å². The zero-order valence-electron chi connectivity index (χ0n) is 19.9. The summed E-state index contributed by atoms with van der Waals surface area (Å²) in [6.07, 6.45) is 6.03. The van der Waals surface area contributed by atoms with Crippen molar-refractivity contribution in [3.8, 4) is 0 Å².